The lowest BCUT2D eigenvalue weighted by molar-refractivity contribution is -0.186. The Hall–Kier alpha value is -0.830. The number of hydrogen-bond donors (Lipinski definition) is 0. The zero-order valence-corrected chi connectivity index (χ0v) is 18.5. The monoisotopic (exact) mass is 452 g/mol. The summed E-state index contributed by atoms with van der Waals surface area (Å²) >= 11 is 6.10. The van der Waals surface area contributed by atoms with E-state index in [-0.39, 0.29) is 29.8 Å². The third-order valence-electron chi connectivity index (χ3n) is 6.51. The molecule has 1 saturated heterocycles. The molecule has 1 saturated carbocycles. The second kappa shape index (κ2) is 8.36. The maximum atomic E-state index is 13.2. The summed E-state index contributed by atoms with van der Waals surface area (Å²) in [5, 5.41) is 0.535. The van der Waals surface area contributed by atoms with Gasteiger partial charge in [0.05, 0.1) is 10.8 Å². The lowest BCUT2D eigenvalue weighted by Gasteiger charge is -2.37. The van der Waals surface area contributed by atoms with Crippen molar-refractivity contribution in [3.05, 3.63) is 28.3 Å². The van der Waals surface area contributed by atoms with E-state index in [1.165, 1.54) is 4.31 Å². The smallest absolute Gasteiger partial charge is 0.300 e. The van der Waals surface area contributed by atoms with Crippen molar-refractivity contribution in [2.24, 2.45) is 5.92 Å². The van der Waals surface area contributed by atoms with E-state index in [1.807, 2.05) is 0 Å². The third kappa shape index (κ3) is 4.75. The number of benzene rings is 1. The number of alkyl halides is 3. The number of hydrogen-bond acceptors (Lipinski definition) is 3. The molecule has 1 aliphatic heterocycles. The van der Waals surface area contributed by atoms with Crippen LogP contribution in [0.3, 0.4) is 0 Å². The Bertz CT molecular complexity index is 852. The molecule has 2 atom stereocenters. The van der Waals surface area contributed by atoms with Gasteiger partial charge in [-0.05, 0) is 82.3 Å². The summed E-state index contributed by atoms with van der Waals surface area (Å²) < 4.78 is 66.5. The molecule has 3 rings (SSSR count). The highest BCUT2D eigenvalue weighted by molar-refractivity contribution is 7.89. The number of halogens is 4. The Balaban J connectivity index is 1.66. The van der Waals surface area contributed by atoms with E-state index in [1.54, 1.807) is 33.0 Å². The number of piperidine rings is 1. The van der Waals surface area contributed by atoms with Crippen molar-refractivity contribution in [1.82, 2.24) is 9.21 Å². The van der Waals surface area contributed by atoms with Crippen molar-refractivity contribution in [1.29, 1.82) is 0 Å². The predicted molar refractivity (Wildman–Crippen MR) is 108 cm³/mol. The molecule has 0 amide bonds. The van der Waals surface area contributed by atoms with Crippen molar-refractivity contribution >= 4 is 21.6 Å². The SMILES string of the molecule is Cc1cc(S(=O)(=O)N(C)[C@@H]2CC[C@H](N3CCC(C(F)(F)F)CC3)C2)c(C)cc1Cl. The summed E-state index contributed by atoms with van der Waals surface area (Å²) in [6.45, 7) is 4.35. The quantitative estimate of drug-likeness (QED) is 0.660. The van der Waals surface area contributed by atoms with E-state index in [4.69, 9.17) is 11.6 Å². The van der Waals surface area contributed by atoms with Crippen molar-refractivity contribution < 1.29 is 21.6 Å². The van der Waals surface area contributed by atoms with E-state index in [9.17, 15) is 21.6 Å². The van der Waals surface area contributed by atoms with E-state index < -0.39 is 22.1 Å². The van der Waals surface area contributed by atoms with Crippen LogP contribution in [0, 0.1) is 19.8 Å². The highest BCUT2D eigenvalue weighted by atomic mass is 35.5. The van der Waals surface area contributed by atoms with Gasteiger partial charge in [-0.2, -0.15) is 17.5 Å². The normalized spacial score (nSPS) is 25.1. The third-order valence-corrected chi connectivity index (χ3v) is 8.97. The molecule has 9 heteroatoms. The molecule has 29 heavy (non-hydrogen) atoms. The number of aryl methyl sites for hydroxylation is 2. The number of sulfonamides is 1. The number of likely N-dealkylation sites (tertiary alicyclic amines) is 1. The zero-order valence-electron chi connectivity index (χ0n) is 17.0. The van der Waals surface area contributed by atoms with Crippen LogP contribution in [0.5, 0.6) is 0 Å². The van der Waals surface area contributed by atoms with Gasteiger partial charge < -0.3 is 4.90 Å². The standard InChI is InChI=1S/C20H28ClF3N2O2S/c1-13-11-19(14(2)10-18(13)21)29(27,28)25(3)16-4-5-17(12-16)26-8-6-15(7-9-26)20(22,23)24/h10-11,15-17H,4-9,12H2,1-3H3/t16-,17+/m1/s1. The van der Waals surface area contributed by atoms with Gasteiger partial charge in [-0.25, -0.2) is 8.42 Å². The Morgan fingerprint density at radius 3 is 2.28 bits per heavy atom. The highest BCUT2D eigenvalue weighted by Gasteiger charge is 2.43. The minimum atomic E-state index is -4.12. The van der Waals surface area contributed by atoms with Gasteiger partial charge in [0, 0.05) is 24.2 Å². The average molecular weight is 453 g/mol. The Kier molecular flexibility index (Phi) is 6.59. The van der Waals surface area contributed by atoms with Crippen LogP contribution >= 0.6 is 11.6 Å². The highest BCUT2D eigenvalue weighted by Crippen LogP contribution is 2.38. The molecule has 1 aromatic rings. The van der Waals surface area contributed by atoms with Gasteiger partial charge >= 0.3 is 6.18 Å². The first-order chi connectivity index (χ1) is 13.4. The van der Waals surface area contributed by atoms with Crippen LogP contribution in [0.2, 0.25) is 5.02 Å². The summed E-state index contributed by atoms with van der Waals surface area (Å²) in [4.78, 5) is 2.37. The van der Waals surface area contributed by atoms with Crippen LogP contribution in [0.25, 0.3) is 0 Å². The van der Waals surface area contributed by atoms with Crippen LogP contribution in [-0.4, -0.2) is 56.0 Å². The summed E-state index contributed by atoms with van der Waals surface area (Å²) in [6, 6.07) is 3.26. The minimum Gasteiger partial charge on any atom is -0.300 e. The lowest BCUT2D eigenvalue weighted by atomic mass is 9.95. The molecule has 2 fully saturated rings. The fourth-order valence-electron chi connectivity index (χ4n) is 4.57. The predicted octanol–water partition coefficient (Wildman–Crippen LogP) is 4.77. The van der Waals surface area contributed by atoms with E-state index >= 15 is 0 Å². The second-order valence-corrected chi connectivity index (χ2v) is 10.7. The number of nitrogens with zero attached hydrogens (tertiary/aromatic N) is 2. The molecule has 1 heterocycles. The molecule has 0 unspecified atom stereocenters. The second-order valence-electron chi connectivity index (χ2n) is 8.36. The van der Waals surface area contributed by atoms with Crippen LogP contribution in [-0.2, 0) is 10.0 Å². The summed E-state index contributed by atoms with van der Waals surface area (Å²) in [7, 11) is -2.07. The van der Waals surface area contributed by atoms with Gasteiger partial charge in [0.15, 0.2) is 0 Å². The molecule has 0 N–H and O–H groups in total. The van der Waals surface area contributed by atoms with Crippen molar-refractivity contribution in [3.63, 3.8) is 0 Å². The topological polar surface area (TPSA) is 40.6 Å². The van der Waals surface area contributed by atoms with Crippen molar-refractivity contribution in [2.45, 2.75) is 69.1 Å². The fourth-order valence-corrected chi connectivity index (χ4v) is 6.48. The Morgan fingerprint density at radius 1 is 1.07 bits per heavy atom. The van der Waals surface area contributed by atoms with Gasteiger partial charge in [0.1, 0.15) is 0 Å². The average Bonchev–Trinajstić information content (AvgIpc) is 3.13. The first-order valence-electron chi connectivity index (χ1n) is 9.96. The van der Waals surface area contributed by atoms with E-state index in [0.717, 1.165) is 6.42 Å². The molecule has 4 nitrogen and oxygen atoms in total. The molecule has 0 bridgehead atoms. The van der Waals surface area contributed by atoms with Crippen molar-refractivity contribution in [2.75, 3.05) is 20.1 Å². The maximum absolute atomic E-state index is 13.2. The largest absolute Gasteiger partial charge is 0.391 e. The van der Waals surface area contributed by atoms with Crippen LogP contribution < -0.4 is 0 Å². The molecule has 164 valence electrons. The van der Waals surface area contributed by atoms with Gasteiger partial charge in [0.2, 0.25) is 10.0 Å². The fraction of sp³-hybridized carbons (Fsp3) is 0.700. The van der Waals surface area contributed by atoms with Crippen LogP contribution in [0.15, 0.2) is 17.0 Å². The first-order valence-corrected chi connectivity index (χ1v) is 11.8. The molecule has 1 aromatic carbocycles. The molecule has 1 aliphatic carbocycles. The summed E-state index contributed by atoms with van der Waals surface area (Å²) in [5.41, 5.74) is 1.32. The summed E-state index contributed by atoms with van der Waals surface area (Å²) in [5.74, 6) is -1.21. The summed E-state index contributed by atoms with van der Waals surface area (Å²) in [6.07, 6.45) is -1.69. The maximum Gasteiger partial charge on any atom is 0.391 e. The van der Waals surface area contributed by atoms with Crippen LogP contribution in [0.4, 0.5) is 13.2 Å². The molecular formula is C20H28ClF3N2O2S. The van der Waals surface area contributed by atoms with E-state index in [0.29, 0.717) is 42.1 Å². The molecule has 0 spiro atoms. The number of rotatable bonds is 4. The minimum absolute atomic E-state index is 0.127. The molecule has 0 radical (unpaired) electrons. The van der Waals surface area contributed by atoms with Crippen molar-refractivity contribution in [3.8, 4) is 0 Å². The van der Waals surface area contributed by atoms with Gasteiger partial charge in [-0.1, -0.05) is 11.6 Å². The molecular weight excluding hydrogens is 425 g/mol. The Morgan fingerprint density at radius 2 is 1.69 bits per heavy atom. The van der Waals surface area contributed by atoms with E-state index in [2.05, 4.69) is 4.90 Å². The zero-order chi connectivity index (χ0) is 21.6. The van der Waals surface area contributed by atoms with Gasteiger partial charge in [-0.3, -0.25) is 0 Å². The molecule has 2 aliphatic rings. The lowest BCUT2D eigenvalue weighted by Crippen LogP contribution is -2.44. The molecule has 0 aromatic heterocycles. The van der Waals surface area contributed by atoms with Gasteiger partial charge in [0.25, 0.3) is 0 Å². The first kappa shape index (κ1) is 22.8. The van der Waals surface area contributed by atoms with Gasteiger partial charge in [-0.15, -0.1) is 0 Å². The Labute approximate surface area is 176 Å². The van der Waals surface area contributed by atoms with Crippen LogP contribution in [0.1, 0.15) is 43.2 Å².